The van der Waals surface area contributed by atoms with E-state index < -0.39 is 10.0 Å². The summed E-state index contributed by atoms with van der Waals surface area (Å²) in [5, 5.41) is 9.55. The third-order valence-electron chi connectivity index (χ3n) is 2.88. The summed E-state index contributed by atoms with van der Waals surface area (Å²) in [4.78, 5) is 4.29. The number of rotatable bonds is 4. The summed E-state index contributed by atoms with van der Waals surface area (Å²) in [6.45, 7) is 1.94. The number of sulfonamides is 1. The van der Waals surface area contributed by atoms with Crippen molar-refractivity contribution in [3.05, 3.63) is 41.5 Å². The van der Waals surface area contributed by atoms with E-state index in [0.29, 0.717) is 5.52 Å². The van der Waals surface area contributed by atoms with E-state index in [1.807, 2.05) is 19.1 Å². The van der Waals surface area contributed by atoms with Crippen molar-refractivity contribution in [2.24, 2.45) is 0 Å². The van der Waals surface area contributed by atoms with Gasteiger partial charge in [-0.25, -0.2) is 8.42 Å². The number of fused-ring (bicyclic) bond motifs is 1. The van der Waals surface area contributed by atoms with Crippen LogP contribution in [0.15, 0.2) is 41.4 Å². The van der Waals surface area contributed by atoms with E-state index in [9.17, 15) is 8.42 Å². The molecule has 3 aromatic rings. The molecule has 1 N–H and O–H groups in total. The molecule has 2 heterocycles. The van der Waals surface area contributed by atoms with Crippen molar-refractivity contribution in [1.82, 2.24) is 15.2 Å². The molecular formula is C13H12N4O2S2. The predicted octanol–water partition coefficient (Wildman–Crippen LogP) is 2.45. The van der Waals surface area contributed by atoms with Crippen molar-refractivity contribution in [2.75, 3.05) is 4.72 Å². The first kappa shape index (κ1) is 13.9. The van der Waals surface area contributed by atoms with Crippen LogP contribution in [0.2, 0.25) is 0 Å². The predicted molar refractivity (Wildman–Crippen MR) is 81.8 cm³/mol. The van der Waals surface area contributed by atoms with E-state index in [1.54, 1.807) is 18.3 Å². The quantitative estimate of drug-likeness (QED) is 0.798. The lowest BCUT2D eigenvalue weighted by Gasteiger charge is -2.07. The Morgan fingerprint density at radius 3 is 2.76 bits per heavy atom. The maximum absolute atomic E-state index is 12.5. The zero-order valence-corrected chi connectivity index (χ0v) is 12.8. The fraction of sp³-hybridized carbons (Fsp3) is 0.154. The highest BCUT2D eigenvalue weighted by atomic mass is 32.2. The van der Waals surface area contributed by atoms with Crippen molar-refractivity contribution in [3.8, 4) is 0 Å². The van der Waals surface area contributed by atoms with Gasteiger partial charge in [-0.3, -0.25) is 9.71 Å². The molecular weight excluding hydrogens is 308 g/mol. The number of anilines is 1. The molecule has 0 spiro atoms. The van der Waals surface area contributed by atoms with E-state index in [-0.39, 0.29) is 10.0 Å². The summed E-state index contributed by atoms with van der Waals surface area (Å²) in [6.07, 6.45) is 2.29. The molecule has 0 aliphatic rings. The van der Waals surface area contributed by atoms with Gasteiger partial charge in [-0.2, -0.15) is 0 Å². The van der Waals surface area contributed by atoms with Gasteiger partial charge in [0.05, 0.1) is 5.52 Å². The number of hydrogen-bond acceptors (Lipinski definition) is 6. The number of aryl methyl sites for hydroxylation is 1. The van der Waals surface area contributed by atoms with Gasteiger partial charge in [0.15, 0.2) is 0 Å². The minimum Gasteiger partial charge on any atom is -0.255 e. The molecule has 6 nitrogen and oxygen atoms in total. The smallest absolute Gasteiger partial charge is 0.255 e. The molecule has 0 amide bonds. The van der Waals surface area contributed by atoms with Gasteiger partial charge in [-0.05, 0) is 18.6 Å². The van der Waals surface area contributed by atoms with Crippen molar-refractivity contribution in [1.29, 1.82) is 0 Å². The van der Waals surface area contributed by atoms with E-state index in [2.05, 4.69) is 19.9 Å². The van der Waals surface area contributed by atoms with Crippen LogP contribution < -0.4 is 4.72 Å². The second-order valence-electron chi connectivity index (χ2n) is 4.29. The van der Waals surface area contributed by atoms with Gasteiger partial charge in [-0.1, -0.05) is 36.5 Å². The second-order valence-corrected chi connectivity index (χ2v) is 7.00. The number of hydrogen-bond donors (Lipinski definition) is 1. The molecule has 8 heteroatoms. The van der Waals surface area contributed by atoms with Crippen LogP contribution in [0.1, 0.15) is 11.9 Å². The summed E-state index contributed by atoms with van der Waals surface area (Å²) in [5.41, 5.74) is 0.438. The third-order valence-corrected chi connectivity index (χ3v) is 5.36. The normalized spacial score (nSPS) is 11.7. The standard InChI is InChI=1S/C13H12N4O2S2/c1-2-11-15-16-13(20-11)17-21(18,19)10-7-3-5-9-6-4-8-14-12(9)10/h3-8H,2H2,1H3,(H,16,17). The number of para-hydroxylation sites is 1. The lowest BCUT2D eigenvalue weighted by molar-refractivity contribution is 0.602. The second kappa shape index (κ2) is 5.38. The zero-order valence-electron chi connectivity index (χ0n) is 11.1. The molecule has 0 atom stereocenters. The van der Waals surface area contributed by atoms with Gasteiger partial charge >= 0.3 is 0 Å². The molecule has 2 aromatic heterocycles. The largest absolute Gasteiger partial charge is 0.265 e. The third kappa shape index (κ3) is 2.72. The molecule has 3 rings (SSSR count). The summed E-state index contributed by atoms with van der Waals surface area (Å²) in [7, 11) is -3.74. The fourth-order valence-electron chi connectivity index (χ4n) is 1.90. The molecule has 0 bridgehead atoms. The first-order chi connectivity index (χ1) is 10.1. The average molecular weight is 320 g/mol. The highest BCUT2D eigenvalue weighted by Crippen LogP contribution is 2.24. The van der Waals surface area contributed by atoms with E-state index >= 15 is 0 Å². The Hall–Kier alpha value is -2.06. The van der Waals surface area contributed by atoms with Gasteiger partial charge < -0.3 is 0 Å². The van der Waals surface area contributed by atoms with E-state index in [4.69, 9.17) is 0 Å². The van der Waals surface area contributed by atoms with Crippen LogP contribution in [0.25, 0.3) is 10.9 Å². The van der Waals surface area contributed by atoms with Crippen LogP contribution in [0.5, 0.6) is 0 Å². The molecule has 0 unspecified atom stereocenters. The minimum absolute atomic E-state index is 0.133. The van der Waals surface area contributed by atoms with Crippen LogP contribution in [0.4, 0.5) is 5.13 Å². The molecule has 0 radical (unpaired) electrons. The van der Waals surface area contributed by atoms with Crippen LogP contribution in [-0.4, -0.2) is 23.6 Å². The van der Waals surface area contributed by atoms with Crippen LogP contribution >= 0.6 is 11.3 Å². The Morgan fingerprint density at radius 2 is 2.00 bits per heavy atom. The molecule has 1 aromatic carbocycles. The Morgan fingerprint density at radius 1 is 1.19 bits per heavy atom. The fourth-order valence-corrected chi connectivity index (χ4v) is 3.99. The lowest BCUT2D eigenvalue weighted by Crippen LogP contribution is -2.13. The van der Waals surface area contributed by atoms with Crippen molar-refractivity contribution < 1.29 is 8.42 Å². The molecule has 0 fully saturated rings. The maximum Gasteiger partial charge on any atom is 0.265 e. The van der Waals surface area contributed by atoms with Crippen molar-refractivity contribution in [3.63, 3.8) is 0 Å². The summed E-state index contributed by atoms with van der Waals surface area (Å²) >= 11 is 1.23. The minimum atomic E-state index is -3.74. The topological polar surface area (TPSA) is 84.8 Å². The maximum atomic E-state index is 12.5. The number of pyridine rings is 1. The highest BCUT2D eigenvalue weighted by molar-refractivity contribution is 7.93. The molecule has 0 saturated carbocycles. The monoisotopic (exact) mass is 320 g/mol. The van der Waals surface area contributed by atoms with Crippen molar-refractivity contribution >= 4 is 37.4 Å². The highest BCUT2D eigenvalue weighted by Gasteiger charge is 2.20. The van der Waals surface area contributed by atoms with Crippen LogP contribution in [-0.2, 0) is 16.4 Å². The van der Waals surface area contributed by atoms with Gasteiger partial charge in [0, 0.05) is 11.6 Å². The zero-order chi connectivity index (χ0) is 14.9. The van der Waals surface area contributed by atoms with E-state index in [1.165, 1.54) is 17.4 Å². The van der Waals surface area contributed by atoms with Gasteiger partial charge in [0.2, 0.25) is 5.13 Å². The summed E-state index contributed by atoms with van der Waals surface area (Å²) < 4.78 is 27.5. The lowest BCUT2D eigenvalue weighted by atomic mass is 10.2. The average Bonchev–Trinajstić information content (AvgIpc) is 2.93. The van der Waals surface area contributed by atoms with Crippen LogP contribution in [0, 0.1) is 0 Å². The molecule has 108 valence electrons. The Bertz CT molecular complexity index is 885. The molecule has 0 aliphatic heterocycles. The van der Waals surface area contributed by atoms with Gasteiger partial charge in [-0.15, -0.1) is 10.2 Å². The first-order valence-corrected chi connectivity index (χ1v) is 8.59. The van der Waals surface area contributed by atoms with Crippen LogP contribution in [0.3, 0.4) is 0 Å². The van der Waals surface area contributed by atoms with Gasteiger partial charge in [0.25, 0.3) is 10.0 Å². The first-order valence-electron chi connectivity index (χ1n) is 6.29. The Kier molecular flexibility index (Phi) is 3.56. The number of benzene rings is 1. The number of nitrogens with zero attached hydrogens (tertiary/aromatic N) is 3. The SMILES string of the molecule is CCc1nnc(NS(=O)(=O)c2cccc3cccnc23)s1. The van der Waals surface area contributed by atoms with E-state index in [0.717, 1.165) is 16.8 Å². The molecule has 0 aliphatic carbocycles. The Balaban J connectivity index is 2.04. The number of nitrogens with one attached hydrogen (secondary N) is 1. The summed E-state index contributed by atoms with van der Waals surface area (Å²) in [5.74, 6) is 0. The van der Waals surface area contributed by atoms with Gasteiger partial charge in [0.1, 0.15) is 9.90 Å². The number of aromatic nitrogens is 3. The molecule has 0 saturated heterocycles. The summed E-state index contributed by atoms with van der Waals surface area (Å²) in [6, 6.07) is 8.63. The Labute approximate surface area is 125 Å². The van der Waals surface area contributed by atoms with Crippen molar-refractivity contribution in [2.45, 2.75) is 18.2 Å². The molecule has 21 heavy (non-hydrogen) atoms.